The summed E-state index contributed by atoms with van der Waals surface area (Å²) in [6.07, 6.45) is 16.4. The van der Waals surface area contributed by atoms with Gasteiger partial charge in [0, 0.05) is 59.2 Å². The fourth-order valence-electron chi connectivity index (χ4n) is 5.12. The molecular formula is C28H23N9O. The molecule has 7 rings (SSSR count). The number of carbonyl (C=O) groups is 1. The Kier molecular flexibility index (Phi) is 5.35. The van der Waals surface area contributed by atoms with Crippen molar-refractivity contribution in [2.24, 2.45) is 5.92 Å². The molecule has 0 aliphatic heterocycles. The van der Waals surface area contributed by atoms with E-state index in [0.717, 1.165) is 64.4 Å². The van der Waals surface area contributed by atoms with E-state index in [1.807, 2.05) is 24.3 Å². The van der Waals surface area contributed by atoms with E-state index in [1.165, 1.54) is 0 Å². The Hall–Kier alpha value is -4.99. The highest BCUT2D eigenvalue weighted by atomic mass is 16.1. The van der Waals surface area contributed by atoms with Crippen molar-refractivity contribution in [2.75, 3.05) is 5.32 Å². The van der Waals surface area contributed by atoms with Gasteiger partial charge >= 0.3 is 0 Å². The van der Waals surface area contributed by atoms with E-state index in [2.05, 4.69) is 40.4 Å². The molecule has 1 aliphatic carbocycles. The highest BCUT2D eigenvalue weighted by molar-refractivity contribution is 5.97. The second-order valence-electron chi connectivity index (χ2n) is 9.54. The minimum Gasteiger partial charge on any atom is -0.335 e. The Labute approximate surface area is 217 Å². The number of hydrogen-bond acceptors (Lipinski definition) is 7. The second-order valence-corrected chi connectivity index (χ2v) is 9.54. The quantitative estimate of drug-likeness (QED) is 0.297. The first kappa shape index (κ1) is 22.2. The van der Waals surface area contributed by atoms with Gasteiger partial charge in [0.2, 0.25) is 5.91 Å². The number of nitrogens with one attached hydrogen (secondary N) is 3. The van der Waals surface area contributed by atoms with E-state index in [0.29, 0.717) is 22.9 Å². The third kappa shape index (κ3) is 3.96. The number of H-pyrrole nitrogens is 2. The summed E-state index contributed by atoms with van der Waals surface area (Å²) in [5, 5.41) is 11.4. The minimum absolute atomic E-state index is 0.0668. The summed E-state index contributed by atoms with van der Waals surface area (Å²) in [7, 11) is 0. The fourth-order valence-corrected chi connectivity index (χ4v) is 5.12. The molecule has 1 saturated carbocycles. The van der Waals surface area contributed by atoms with Crippen LogP contribution in [0.1, 0.15) is 25.7 Å². The van der Waals surface area contributed by atoms with Crippen LogP contribution >= 0.6 is 0 Å². The number of carbonyl (C=O) groups excluding carboxylic acids is 1. The predicted molar refractivity (Wildman–Crippen MR) is 144 cm³/mol. The number of aromatic nitrogens is 8. The van der Waals surface area contributed by atoms with Crippen LogP contribution in [0.25, 0.3) is 55.8 Å². The number of amides is 1. The molecule has 6 heterocycles. The van der Waals surface area contributed by atoms with Crippen molar-refractivity contribution in [3.8, 4) is 33.8 Å². The van der Waals surface area contributed by atoms with Crippen LogP contribution in [0.15, 0.2) is 67.6 Å². The normalized spacial score (nSPS) is 13.9. The van der Waals surface area contributed by atoms with Crippen LogP contribution in [0.3, 0.4) is 0 Å². The zero-order chi connectivity index (χ0) is 25.5. The van der Waals surface area contributed by atoms with Crippen molar-refractivity contribution in [1.82, 2.24) is 40.1 Å². The van der Waals surface area contributed by atoms with E-state index in [-0.39, 0.29) is 11.8 Å². The summed E-state index contributed by atoms with van der Waals surface area (Å²) in [4.78, 5) is 38.4. The van der Waals surface area contributed by atoms with Gasteiger partial charge in [0.25, 0.3) is 0 Å². The lowest BCUT2D eigenvalue weighted by Gasteiger charge is -2.11. The number of aromatic amines is 2. The van der Waals surface area contributed by atoms with Crippen molar-refractivity contribution >= 4 is 33.7 Å². The molecule has 0 aromatic carbocycles. The largest absolute Gasteiger partial charge is 0.335 e. The van der Waals surface area contributed by atoms with Gasteiger partial charge in [0.1, 0.15) is 11.2 Å². The van der Waals surface area contributed by atoms with Crippen LogP contribution in [0.4, 0.5) is 5.69 Å². The van der Waals surface area contributed by atoms with E-state index in [9.17, 15) is 4.79 Å². The summed E-state index contributed by atoms with van der Waals surface area (Å²) < 4.78 is 0. The number of imidazole rings is 1. The molecule has 0 spiro atoms. The van der Waals surface area contributed by atoms with Crippen LogP contribution in [0.2, 0.25) is 0 Å². The lowest BCUT2D eigenvalue weighted by Crippen LogP contribution is -2.20. The maximum atomic E-state index is 12.6. The summed E-state index contributed by atoms with van der Waals surface area (Å²) in [5.41, 5.74) is 7.11. The van der Waals surface area contributed by atoms with Gasteiger partial charge in [-0.3, -0.25) is 24.8 Å². The number of pyridine rings is 4. The average molecular weight is 502 g/mol. The SMILES string of the molecule is O=C(Nc1cncc(-c2cnc3[nH]nc(-c4nc5c(-c6cccnc6)cncc5[nH]4)c3c2)c1)C1CCCC1. The fraction of sp³-hybridized carbons (Fsp3) is 0.179. The van der Waals surface area contributed by atoms with Gasteiger partial charge in [-0.25, -0.2) is 9.97 Å². The molecule has 3 N–H and O–H groups in total. The maximum Gasteiger partial charge on any atom is 0.227 e. The van der Waals surface area contributed by atoms with Crippen molar-refractivity contribution in [3.63, 3.8) is 0 Å². The topological polar surface area (TPSA) is 138 Å². The lowest BCUT2D eigenvalue weighted by atomic mass is 10.1. The highest BCUT2D eigenvalue weighted by Crippen LogP contribution is 2.32. The van der Waals surface area contributed by atoms with Gasteiger partial charge in [-0.1, -0.05) is 18.9 Å². The standard InChI is InChI=1S/C28H23N9O/c38-28(16-4-1-2-5-16)33-20-8-18(11-30-13-20)19-9-21-25(36-37-26(21)32-12-19)27-34-23-15-31-14-22(24(23)35-27)17-6-3-7-29-10-17/h3,6-16H,1-2,4-5H2,(H,33,38)(H,34,35)(H,32,36,37). The molecule has 1 aliphatic rings. The van der Waals surface area contributed by atoms with Crippen LogP contribution in [-0.4, -0.2) is 46.0 Å². The molecule has 1 amide bonds. The van der Waals surface area contributed by atoms with Crippen molar-refractivity contribution < 1.29 is 4.79 Å². The molecule has 1 fully saturated rings. The highest BCUT2D eigenvalue weighted by Gasteiger charge is 2.23. The van der Waals surface area contributed by atoms with Gasteiger partial charge in [-0.05, 0) is 31.0 Å². The zero-order valence-electron chi connectivity index (χ0n) is 20.3. The molecule has 0 unspecified atom stereocenters. The first-order valence-electron chi connectivity index (χ1n) is 12.6. The first-order valence-corrected chi connectivity index (χ1v) is 12.6. The van der Waals surface area contributed by atoms with Crippen molar-refractivity contribution in [2.45, 2.75) is 25.7 Å². The third-order valence-corrected chi connectivity index (χ3v) is 7.07. The van der Waals surface area contributed by atoms with Crippen LogP contribution in [0, 0.1) is 5.92 Å². The molecule has 6 aromatic rings. The Morgan fingerprint density at radius 1 is 0.921 bits per heavy atom. The molecule has 0 atom stereocenters. The minimum atomic E-state index is 0.0668. The van der Waals surface area contributed by atoms with E-state index in [1.54, 1.807) is 43.4 Å². The van der Waals surface area contributed by atoms with Crippen molar-refractivity contribution in [3.05, 3.63) is 67.6 Å². The van der Waals surface area contributed by atoms with Gasteiger partial charge in [0.05, 0.1) is 29.0 Å². The summed E-state index contributed by atoms with van der Waals surface area (Å²) in [6, 6.07) is 7.81. The number of anilines is 1. The summed E-state index contributed by atoms with van der Waals surface area (Å²) in [5.74, 6) is 0.763. The van der Waals surface area contributed by atoms with Crippen LogP contribution in [0.5, 0.6) is 0 Å². The number of hydrogen-bond donors (Lipinski definition) is 3. The zero-order valence-corrected chi connectivity index (χ0v) is 20.3. The van der Waals surface area contributed by atoms with Gasteiger partial charge in [-0.2, -0.15) is 5.10 Å². The molecular weight excluding hydrogens is 478 g/mol. The second kappa shape index (κ2) is 9.15. The number of fused-ring (bicyclic) bond motifs is 2. The molecule has 186 valence electrons. The lowest BCUT2D eigenvalue weighted by molar-refractivity contribution is -0.119. The molecule has 10 nitrogen and oxygen atoms in total. The molecule has 38 heavy (non-hydrogen) atoms. The average Bonchev–Trinajstić information content (AvgIpc) is 3.73. The van der Waals surface area contributed by atoms with Gasteiger partial charge < -0.3 is 10.3 Å². The summed E-state index contributed by atoms with van der Waals surface area (Å²) in [6.45, 7) is 0. The number of rotatable bonds is 5. The molecule has 10 heteroatoms. The predicted octanol–water partition coefficient (Wildman–Crippen LogP) is 5.15. The molecule has 6 aromatic heterocycles. The smallest absolute Gasteiger partial charge is 0.227 e. The molecule has 0 radical (unpaired) electrons. The Bertz CT molecular complexity index is 1780. The van der Waals surface area contributed by atoms with Gasteiger partial charge in [-0.15, -0.1) is 0 Å². The Balaban J connectivity index is 1.25. The Morgan fingerprint density at radius 3 is 2.63 bits per heavy atom. The van der Waals surface area contributed by atoms with E-state index in [4.69, 9.17) is 4.98 Å². The van der Waals surface area contributed by atoms with Crippen molar-refractivity contribution in [1.29, 1.82) is 0 Å². The number of nitrogens with zero attached hydrogens (tertiary/aromatic N) is 6. The van der Waals surface area contributed by atoms with Crippen LogP contribution < -0.4 is 5.32 Å². The van der Waals surface area contributed by atoms with E-state index >= 15 is 0 Å². The van der Waals surface area contributed by atoms with Gasteiger partial charge in [0.15, 0.2) is 11.5 Å². The first-order chi connectivity index (χ1) is 18.7. The van der Waals surface area contributed by atoms with E-state index < -0.39 is 0 Å². The monoisotopic (exact) mass is 501 g/mol. The maximum absolute atomic E-state index is 12.6. The Morgan fingerprint density at radius 2 is 1.76 bits per heavy atom. The molecule has 0 bridgehead atoms. The molecule has 0 saturated heterocycles. The third-order valence-electron chi connectivity index (χ3n) is 7.07. The van der Waals surface area contributed by atoms with Crippen LogP contribution in [-0.2, 0) is 4.79 Å². The summed E-state index contributed by atoms with van der Waals surface area (Å²) >= 11 is 0.